The lowest BCUT2D eigenvalue weighted by Gasteiger charge is -2.25. The minimum atomic E-state index is -0.120. The van der Waals surface area contributed by atoms with Gasteiger partial charge in [-0.3, -0.25) is 0 Å². The highest BCUT2D eigenvalue weighted by molar-refractivity contribution is 6.31. The Bertz CT molecular complexity index is 1190. The first-order chi connectivity index (χ1) is 14.2. The minimum absolute atomic E-state index is 0.120. The highest BCUT2D eigenvalue weighted by atomic mass is 35.5. The van der Waals surface area contributed by atoms with Crippen molar-refractivity contribution in [1.29, 1.82) is 0 Å². The van der Waals surface area contributed by atoms with Gasteiger partial charge < -0.3 is 5.32 Å². The molecule has 0 saturated carbocycles. The van der Waals surface area contributed by atoms with Crippen LogP contribution in [-0.4, -0.2) is 14.8 Å². The van der Waals surface area contributed by atoms with Gasteiger partial charge in [0.15, 0.2) is 0 Å². The van der Waals surface area contributed by atoms with E-state index in [2.05, 4.69) is 70.0 Å². The van der Waals surface area contributed by atoms with Crippen LogP contribution in [0.3, 0.4) is 0 Å². The summed E-state index contributed by atoms with van der Waals surface area (Å²) in [4.78, 5) is 4.55. The summed E-state index contributed by atoms with van der Waals surface area (Å²) in [5.41, 5.74) is 5.48. The Kier molecular flexibility index (Phi) is 4.41. The van der Waals surface area contributed by atoms with Gasteiger partial charge in [-0.1, -0.05) is 84.4 Å². The second-order valence-corrected chi connectivity index (χ2v) is 7.45. The number of halogens is 1. The van der Waals surface area contributed by atoms with E-state index in [1.165, 1.54) is 11.1 Å². The third-order valence-corrected chi connectivity index (χ3v) is 5.44. The number of fused-ring (bicyclic) bond motifs is 1. The highest BCUT2D eigenvalue weighted by Gasteiger charge is 2.25. The third-order valence-electron chi connectivity index (χ3n) is 5.10. The van der Waals surface area contributed by atoms with E-state index in [0.717, 1.165) is 28.6 Å². The Morgan fingerprint density at radius 3 is 2.24 bits per heavy atom. The zero-order valence-corrected chi connectivity index (χ0v) is 16.6. The predicted octanol–water partition coefficient (Wildman–Crippen LogP) is 5.96. The van der Waals surface area contributed by atoms with Crippen LogP contribution in [0.1, 0.15) is 23.0 Å². The number of nitrogens with one attached hydrogen (secondary N) is 1. The van der Waals surface area contributed by atoms with E-state index < -0.39 is 0 Å². The van der Waals surface area contributed by atoms with Crippen molar-refractivity contribution in [2.24, 2.45) is 0 Å². The smallest absolute Gasteiger partial charge is 0.226 e. The van der Waals surface area contributed by atoms with E-state index in [-0.39, 0.29) is 6.04 Å². The van der Waals surface area contributed by atoms with Crippen LogP contribution in [0, 0.1) is 6.92 Å². The average molecular weight is 399 g/mol. The quantitative estimate of drug-likeness (QED) is 0.462. The molecule has 3 aromatic carbocycles. The van der Waals surface area contributed by atoms with Gasteiger partial charge in [-0.15, -0.1) is 0 Å². The van der Waals surface area contributed by atoms with Crippen LogP contribution >= 0.6 is 11.6 Å². The van der Waals surface area contributed by atoms with Crippen LogP contribution in [0.5, 0.6) is 0 Å². The Morgan fingerprint density at radius 2 is 1.48 bits per heavy atom. The van der Waals surface area contributed by atoms with Gasteiger partial charge in [-0.05, 0) is 41.3 Å². The first-order valence-electron chi connectivity index (χ1n) is 9.51. The Labute approximate surface area is 174 Å². The molecular formula is C24H19ClN4. The largest absolute Gasteiger partial charge is 0.324 e. The van der Waals surface area contributed by atoms with Crippen LogP contribution < -0.4 is 5.32 Å². The number of hydrogen-bond donors (Lipinski definition) is 1. The number of anilines is 1. The molecule has 0 saturated heterocycles. The van der Waals surface area contributed by atoms with Crippen molar-refractivity contribution in [2.75, 3.05) is 5.32 Å². The van der Waals surface area contributed by atoms with Crippen molar-refractivity contribution >= 4 is 23.2 Å². The van der Waals surface area contributed by atoms with Crippen LogP contribution in [-0.2, 0) is 0 Å². The lowest BCUT2D eigenvalue weighted by Crippen LogP contribution is -2.20. The molecule has 0 spiro atoms. The summed E-state index contributed by atoms with van der Waals surface area (Å²) < 4.78 is 1.89. The molecule has 5 heteroatoms. The molecule has 1 aromatic heterocycles. The molecule has 4 nitrogen and oxygen atoms in total. The number of allylic oxidation sites excluding steroid dienone is 1. The summed E-state index contributed by atoms with van der Waals surface area (Å²) in [6, 6.07) is 26.7. The lowest BCUT2D eigenvalue weighted by atomic mass is 9.99. The van der Waals surface area contributed by atoms with E-state index in [9.17, 15) is 0 Å². The van der Waals surface area contributed by atoms with Crippen LogP contribution in [0.25, 0.3) is 16.8 Å². The fraction of sp³-hybridized carbons (Fsp3) is 0.0833. The van der Waals surface area contributed by atoms with Gasteiger partial charge in [0.2, 0.25) is 5.95 Å². The summed E-state index contributed by atoms with van der Waals surface area (Å²) in [7, 11) is 0. The molecule has 0 fully saturated rings. The maximum Gasteiger partial charge on any atom is 0.226 e. The zero-order chi connectivity index (χ0) is 19.8. The molecule has 1 N–H and O–H groups in total. The molecule has 1 aliphatic heterocycles. The van der Waals surface area contributed by atoms with Crippen molar-refractivity contribution in [2.45, 2.75) is 13.0 Å². The maximum absolute atomic E-state index is 6.50. The number of aromatic nitrogens is 3. The zero-order valence-electron chi connectivity index (χ0n) is 15.9. The van der Waals surface area contributed by atoms with Crippen LogP contribution in [0.4, 0.5) is 5.95 Å². The number of nitrogens with zero attached hydrogens (tertiary/aromatic N) is 3. The summed E-state index contributed by atoms with van der Waals surface area (Å²) in [6.07, 6.45) is 2.15. The van der Waals surface area contributed by atoms with Crippen LogP contribution in [0.15, 0.2) is 84.9 Å². The molecule has 5 rings (SSSR count). The second kappa shape index (κ2) is 7.22. The van der Waals surface area contributed by atoms with Crippen molar-refractivity contribution < 1.29 is 0 Å². The predicted molar refractivity (Wildman–Crippen MR) is 118 cm³/mol. The van der Waals surface area contributed by atoms with Gasteiger partial charge in [0.05, 0.1) is 0 Å². The van der Waals surface area contributed by atoms with Gasteiger partial charge >= 0.3 is 0 Å². The summed E-state index contributed by atoms with van der Waals surface area (Å²) in [5.74, 6) is 1.44. The Balaban J connectivity index is 1.55. The standard InChI is InChI=1S/C24H19ClN4/c1-16-26-24-27-22(15-23(29(24)28-16)20-9-5-6-10-21(20)25)19-13-11-18(12-14-19)17-7-3-2-4-8-17/h2-15,23H,1H3,(H,26,27,28)/t23-/m1/s1. The number of aryl methyl sites for hydroxylation is 1. The Morgan fingerprint density at radius 1 is 0.828 bits per heavy atom. The fourth-order valence-corrected chi connectivity index (χ4v) is 3.93. The molecule has 2 heterocycles. The van der Waals surface area contributed by atoms with E-state index >= 15 is 0 Å². The van der Waals surface area contributed by atoms with Crippen molar-refractivity contribution in [3.05, 3.63) is 107 Å². The van der Waals surface area contributed by atoms with E-state index in [1.54, 1.807) is 0 Å². The van der Waals surface area contributed by atoms with Gasteiger partial charge in [-0.25, -0.2) is 4.68 Å². The summed E-state index contributed by atoms with van der Waals surface area (Å²) in [5, 5.41) is 8.71. The molecule has 1 aliphatic rings. The molecule has 0 amide bonds. The average Bonchev–Trinajstić information content (AvgIpc) is 3.14. The normalized spacial score (nSPS) is 15.4. The highest BCUT2D eigenvalue weighted by Crippen LogP contribution is 2.35. The van der Waals surface area contributed by atoms with Gasteiger partial charge in [0.25, 0.3) is 0 Å². The number of benzene rings is 3. The topological polar surface area (TPSA) is 42.7 Å². The number of rotatable bonds is 3. The van der Waals surface area contributed by atoms with E-state index in [0.29, 0.717) is 5.02 Å². The van der Waals surface area contributed by atoms with Gasteiger partial charge in [0, 0.05) is 10.7 Å². The monoisotopic (exact) mass is 398 g/mol. The van der Waals surface area contributed by atoms with Crippen molar-refractivity contribution in [3.63, 3.8) is 0 Å². The molecule has 1 atom stereocenters. The van der Waals surface area contributed by atoms with Crippen molar-refractivity contribution in [1.82, 2.24) is 14.8 Å². The van der Waals surface area contributed by atoms with Gasteiger partial charge in [0.1, 0.15) is 11.9 Å². The molecule has 0 unspecified atom stereocenters. The molecule has 0 bridgehead atoms. The molecule has 0 aliphatic carbocycles. The van der Waals surface area contributed by atoms with Crippen molar-refractivity contribution in [3.8, 4) is 11.1 Å². The fourth-order valence-electron chi connectivity index (χ4n) is 3.68. The third kappa shape index (κ3) is 3.32. The summed E-state index contributed by atoms with van der Waals surface area (Å²) in [6.45, 7) is 1.89. The van der Waals surface area contributed by atoms with Gasteiger partial charge in [-0.2, -0.15) is 10.1 Å². The molecule has 0 radical (unpaired) electrons. The first kappa shape index (κ1) is 17.7. The van der Waals surface area contributed by atoms with E-state index in [4.69, 9.17) is 11.6 Å². The molecular weight excluding hydrogens is 380 g/mol. The number of hydrogen-bond acceptors (Lipinski definition) is 3. The summed E-state index contributed by atoms with van der Waals surface area (Å²) >= 11 is 6.50. The second-order valence-electron chi connectivity index (χ2n) is 7.04. The SMILES string of the molecule is Cc1nc2n(n1)[C@@H](c1ccccc1Cl)C=C(c1ccc(-c3ccccc3)cc1)N2. The lowest BCUT2D eigenvalue weighted by molar-refractivity contribution is 0.607. The maximum atomic E-state index is 6.50. The minimum Gasteiger partial charge on any atom is -0.324 e. The molecule has 29 heavy (non-hydrogen) atoms. The van der Waals surface area contributed by atoms with E-state index in [1.807, 2.05) is 41.9 Å². The Hall–Kier alpha value is -3.37. The first-order valence-corrected chi connectivity index (χ1v) is 9.89. The molecule has 4 aromatic rings. The molecule has 142 valence electrons. The van der Waals surface area contributed by atoms with Crippen LogP contribution in [0.2, 0.25) is 5.02 Å².